The maximum absolute atomic E-state index is 13.3. The molecule has 4 amide bonds. The maximum atomic E-state index is 13.3. The van der Waals surface area contributed by atoms with Crippen molar-refractivity contribution >= 4 is 57.2 Å². The van der Waals surface area contributed by atoms with E-state index in [2.05, 4.69) is 17.6 Å². The number of benzene rings is 1. The lowest BCUT2D eigenvalue weighted by molar-refractivity contribution is -0.142. The fourth-order valence-electron chi connectivity index (χ4n) is 5.89. The van der Waals surface area contributed by atoms with Crippen LogP contribution in [-0.4, -0.2) is 110 Å². The maximum Gasteiger partial charge on any atom is 0.409 e. The van der Waals surface area contributed by atoms with E-state index in [0.29, 0.717) is 44.4 Å². The van der Waals surface area contributed by atoms with Crippen LogP contribution in [0, 0.1) is 11.8 Å². The van der Waals surface area contributed by atoms with Gasteiger partial charge in [-0.15, -0.1) is 0 Å². The van der Waals surface area contributed by atoms with Gasteiger partial charge >= 0.3 is 18.1 Å². The van der Waals surface area contributed by atoms with Crippen LogP contribution in [0.3, 0.4) is 0 Å². The second kappa shape index (κ2) is 15.7. The molecule has 3 saturated heterocycles. The summed E-state index contributed by atoms with van der Waals surface area (Å²) in [5, 5.41) is 14.9. The number of carboxylic acids is 1. The number of amides is 4. The van der Waals surface area contributed by atoms with Crippen molar-refractivity contribution in [2.24, 2.45) is 11.8 Å². The topological polar surface area (TPSA) is 166 Å². The summed E-state index contributed by atoms with van der Waals surface area (Å²) in [5.74, 6) is -1.23. The largest absolute Gasteiger partial charge is 0.480 e. The Labute approximate surface area is 273 Å². The zero-order valence-corrected chi connectivity index (χ0v) is 27.6. The molecule has 16 heteroatoms. The summed E-state index contributed by atoms with van der Waals surface area (Å²) in [4.78, 5) is 53.3. The lowest BCUT2D eigenvalue weighted by Gasteiger charge is -2.33. The Morgan fingerprint density at radius 3 is 2.20 bits per heavy atom. The minimum absolute atomic E-state index is 0.0647. The molecule has 45 heavy (non-hydrogen) atoms. The second-order valence-electron chi connectivity index (χ2n) is 12.0. The predicted octanol–water partition coefficient (Wildman–Crippen LogP) is 3.40. The number of nitrogens with zero attached hydrogens (tertiary/aromatic N) is 3. The molecule has 2 atom stereocenters. The number of carboxylic acid groups (broad SMARTS) is 1. The van der Waals surface area contributed by atoms with E-state index < -0.39 is 40.0 Å². The van der Waals surface area contributed by atoms with Gasteiger partial charge in [-0.1, -0.05) is 30.1 Å². The molecule has 0 bridgehead atoms. The highest BCUT2D eigenvalue weighted by Crippen LogP contribution is 2.30. The number of likely N-dealkylation sites (tertiary alicyclic amines) is 2. The number of carbonyl (C=O) groups excluding carboxylic acids is 3. The Morgan fingerprint density at radius 1 is 0.956 bits per heavy atom. The van der Waals surface area contributed by atoms with Crippen molar-refractivity contribution in [1.82, 2.24) is 24.7 Å². The van der Waals surface area contributed by atoms with Crippen LogP contribution in [0.1, 0.15) is 51.9 Å². The quantitative estimate of drug-likeness (QED) is 0.336. The molecule has 13 nitrogen and oxygen atoms in total. The average molecular weight is 691 g/mol. The van der Waals surface area contributed by atoms with Gasteiger partial charge in [-0.05, 0) is 75.0 Å². The molecule has 1 aromatic rings. The van der Waals surface area contributed by atoms with Crippen molar-refractivity contribution in [3.63, 3.8) is 0 Å². The highest BCUT2D eigenvalue weighted by Gasteiger charge is 2.41. The third kappa shape index (κ3) is 9.36. The van der Waals surface area contributed by atoms with Crippen molar-refractivity contribution in [2.45, 2.75) is 68.8 Å². The SMILES string of the molecule is CC1CCN(C(=O)OCCC2CCN(C(=O)NC[C@H](NC(=O)[C@H]3CCCN3S(=O)(=O)c3cc(Cl)cc(Cl)c3)C(=O)O)CC2)CC1. The number of piperidine rings is 2. The Hall–Kier alpha value is -2.81. The van der Waals surface area contributed by atoms with Crippen LogP contribution >= 0.6 is 23.2 Å². The molecule has 250 valence electrons. The Kier molecular flexibility index (Phi) is 12.2. The summed E-state index contributed by atoms with van der Waals surface area (Å²) in [5.41, 5.74) is 0. The first kappa shape index (κ1) is 35.1. The van der Waals surface area contributed by atoms with Gasteiger partial charge in [0.25, 0.3) is 0 Å². The molecule has 3 aliphatic rings. The van der Waals surface area contributed by atoms with E-state index in [1.54, 1.807) is 9.80 Å². The van der Waals surface area contributed by atoms with E-state index in [4.69, 9.17) is 27.9 Å². The van der Waals surface area contributed by atoms with E-state index in [1.807, 2.05) is 0 Å². The number of nitrogens with one attached hydrogen (secondary N) is 2. The molecule has 0 radical (unpaired) electrons. The number of ether oxygens (including phenoxy) is 1. The molecule has 3 heterocycles. The van der Waals surface area contributed by atoms with Gasteiger partial charge in [-0.2, -0.15) is 4.31 Å². The van der Waals surface area contributed by atoms with Crippen LogP contribution in [0.4, 0.5) is 9.59 Å². The molecule has 4 rings (SSSR count). The summed E-state index contributed by atoms with van der Waals surface area (Å²) >= 11 is 12.0. The second-order valence-corrected chi connectivity index (χ2v) is 14.7. The highest BCUT2D eigenvalue weighted by atomic mass is 35.5. The number of halogens is 2. The van der Waals surface area contributed by atoms with Gasteiger partial charge in [0.1, 0.15) is 12.1 Å². The molecule has 0 aliphatic carbocycles. The Balaban J connectivity index is 1.21. The van der Waals surface area contributed by atoms with Crippen LogP contribution in [0.15, 0.2) is 23.1 Å². The molecule has 3 N–H and O–H groups in total. The molecule has 0 saturated carbocycles. The van der Waals surface area contributed by atoms with Crippen molar-refractivity contribution in [1.29, 1.82) is 0 Å². The summed E-state index contributed by atoms with van der Waals surface area (Å²) < 4.78 is 33.0. The number of hydrogen-bond acceptors (Lipinski definition) is 7. The first-order valence-corrected chi connectivity index (χ1v) is 17.5. The molecular weight excluding hydrogens is 649 g/mol. The lowest BCUT2D eigenvalue weighted by Crippen LogP contribution is -2.55. The Morgan fingerprint density at radius 2 is 1.58 bits per heavy atom. The van der Waals surface area contributed by atoms with Crippen LogP contribution in [0.5, 0.6) is 0 Å². The van der Waals surface area contributed by atoms with Crippen molar-refractivity contribution in [3.8, 4) is 0 Å². The predicted molar refractivity (Wildman–Crippen MR) is 167 cm³/mol. The van der Waals surface area contributed by atoms with E-state index in [-0.39, 0.29) is 40.5 Å². The normalized spacial score (nSPS) is 20.9. The van der Waals surface area contributed by atoms with Crippen LogP contribution in [-0.2, 0) is 24.3 Å². The lowest BCUT2D eigenvalue weighted by atomic mass is 9.94. The molecule has 0 unspecified atom stereocenters. The van der Waals surface area contributed by atoms with Gasteiger partial charge in [0.05, 0.1) is 18.0 Å². The molecule has 0 spiro atoms. The van der Waals surface area contributed by atoms with Crippen LogP contribution in [0.25, 0.3) is 0 Å². The first-order chi connectivity index (χ1) is 21.3. The molecule has 0 aromatic heterocycles. The van der Waals surface area contributed by atoms with Gasteiger partial charge in [-0.3, -0.25) is 4.79 Å². The zero-order valence-electron chi connectivity index (χ0n) is 25.3. The van der Waals surface area contributed by atoms with E-state index >= 15 is 0 Å². The fraction of sp³-hybridized carbons (Fsp3) is 0.655. The van der Waals surface area contributed by atoms with Crippen molar-refractivity contribution < 1.29 is 37.4 Å². The van der Waals surface area contributed by atoms with E-state index in [0.717, 1.165) is 43.1 Å². The van der Waals surface area contributed by atoms with Gasteiger partial charge in [0, 0.05) is 42.8 Å². The summed E-state index contributed by atoms with van der Waals surface area (Å²) in [6.07, 6.45) is 4.44. The Bertz CT molecular complexity index is 1330. The average Bonchev–Trinajstić information content (AvgIpc) is 3.50. The van der Waals surface area contributed by atoms with E-state index in [9.17, 15) is 32.7 Å². The zero-order chi connectivity index (χ0) is 32.7. The number of sulfonamides is 1. The summed E-state index contributed by atoms with van der Waals surface area (Å²) in [6.45, 7) is 4.56. The molecular formula is C29H41Cl2N5O8S. The number of aliphatic carboxylic acids is 1. The molecule has 3 aliphatic heterocycles. The van der Waals surface area contributed by atoms with Gasteiger partial charge in [0.2, 0.25) is 15.9 Å². The number of rotatable bonds is 10. The fourth-order valence-corrected chi connectivity index (χ4v) is 8.28. The minimum Gasteiger partial charge on any atom is -0.480 e. The standard InChI is InChI=1S/C29H41Cl2N5O8S/c1-19-4-10-35(11-5-19)29(41)44-14-8-20-6-12-34(13-7-20)28(40)32-18-24(27(38)39)33-26(37)25-3-2-9-36(25)45(42,43)23-16-21(30)15-22(31)17-23/h15-17,19-20,24-25H,2-14,18H2,1H3,(H,32,40)(H,33,37)(H,38,39)/t24-,25+/m0/s1. The first-order valence-electron chi connectivity index (χ1n) is 15.3. The minimum atomic E-state index is -4.14. The number of urea groups is 1. The third-order valence-electron chi connectivity index (χ3n) is 8.72. The summed E-state index contributed by atoms with van der Waals surface area (Å²) in [7, 11) is -4.14. The van der Waals surface area contributed by atoms with Crippen LogP contribution in [0.2, 0.25) is 10.0 Å². The third-order valence-corrected chi connectivity index (χ3v) is 11.0. The van der Waals surface area contributed by atoms with Gasteiger partial charge in [0.15, 0.2) is 0 Å². The van der Waals surface area contributed by atoms with Crippen molar-refractivity contribution in [3.05, 3.63) is 28.2 Å². The van der Waals surface area contributed by atoms with Crippen LogP contribution < -0.4 is 10.6 Å². The smallest absolute Gasteiger partial charge is 0.409 e. The number of carbonyl (C=O) groups is 4. The van der Waals surface area contributed by atoms with Gasteiger partial charge < -0.3 is 30.3 Å². The molecule has 1 aromatic carbocycles. The highest BCUT2D eigenvalue weighted by molar-refractivity contribution is 7.89. The monoisotopic (exact) mass is 689 g/mol. The molecule has 3 fully saturated rings. The van der Waals surface area contributed by atoms with Crippen molar-refractivity contribution in [2.75, 3.05) is 45.9 Å². The van der Waals surface area contributed by atoms with Gasteiger partial charge in [-0.25, -0.2) is 22.8 Å². The number of hydrogen-bond donors (Lipinski definition) is 3. The van der Waals surface area contributed by atoms with E-state index in [1.165, 1.54) is 18.2 Å². The summed E-state index contributed by atoms with van der Waals surface area (Å²) in [6, 6.07) is 0.804.